The first-order valence-corrected chi connectivity index (χ1v) is 9.55. The zero-order chi connectivity index (χ0) is 20.8. The highest BCUT2D eigenvalue weighted by Crippen LogP contribution is 2.25. The highest BCUT2D eigenvalue weighted by molar-refractivity contribution is 4.91. The van der Waals surface area contributed by atoms with Crippen molar-refractivity contribution >= 4 is 0 Å². The molecule has 2 rings (SSSR count). The standard InChI is InChI=1S/C18H32O10/c1-3-4-5-6-7-25-17-16(24)14(22)12(20)10(28-17)8-26-18-15(23)13(21)11(19)9(2)27-18/h4-5,9-24H,3,6-8H2,1-2H3/b5-4-/t9-,10-,11-,12-,13+,14+,15+,16-,17-,18-/m1/s1. The summed E-state index contributed by atoms with van der Waals surface area (Å²) in [6.45, 7) is 3.46. The Bertz CT molecular complexity index is 489. The summed E-state index contributed by atoms with van der Waals surface area (Å²) < 4.78 is 21.7. The molecule has 0 radical (unpaired) electrons. The van der Waals surface area contributed by atoms with E-state index in [9.17, 15) is 30.6 Å². The molecule has 0 aliphatic carbocycles. The molecular formula is C18H32O10. The molecular weight excluding hydrogens is 376 g/mol. The third kappa shape index (κ3) is 5.70. The Morgan fingerprint density at radius 3 is 2.00 bits per heavy atom. The molecule has 0 unspecified atom stereocenters. The van der Waals surface area contributed by atoms with E-state index >= 15 is 0 Å². The lowest BCUT2D eigenvalue weighted by Crippen LogP contribution is -2.61. The fraction of sp³-hybridized carbons (Fsp3) is 0.889. The molecule has 10 atom stereocenters. The fourth-order valence-electron chi connectivity index (χ4n) is 3.07. The Balaban J connectivity index is 1.89. The molecule has 28 heavy (non-hydrogen) atoms. The second kappa shape index (κ2) is 10.9. The van der Waals surface area contributed by atoms with Gasteiger partial charge >= 0.3 is 0 Å². The lowest BCUT2D eigenvalue weighted by molar-refractivity contribution is -0.327. The first-order chi connectivity index (χ1) is 13.3. The van der Waals surface area contributed by atoms with Gasteiger partial charge in [0.25, 0.3) is 0 Å². The van der Waals surface area contributed by atoms with E-state index in [2.05, 4.69) is 0 Å². The van der Waals surface area contributed by atoms with Crippen molar-refractivity contribution in [2.45, 2.75) is 88.1 Å². The predicted molar refractivity (Wildman–Crippen MR) is 95.0 cm³/mol. The van der Waals surface area contributed by atoms with Crippen LogP contribution in [0.1, 0.15) is 26.7 Å². The van der Waals surface area contributed by atoms with E-state index in [1.54, 1.807) is 0 Å². The zero-order valence-corrected chi connectivity index (χ0v) is 16.1. The van der Waals surface area contributed by atoms with Crippen molar-refractivity contribution in [1.82, 2.24) is 0 Å². The van der Waals surface area contributed by atoms with Gasteiger partial charge in [-0.15, -0.1) is 0 Å². The molecule has 164 valence electrons. The van der Waals surface area contributed by atoms with Crippen LogP contribution in [0.3, 0.4) is 0 Å². The number of aliphatic hydroxyl groups is 6. The summed E-state index contributed by atoms with van der Waals surface area (Å²) in [6, 6.07) is 0. The van der Waals surface area contributed by atoms with Gasteiger partial charge in [0.1, 0.15) is 42.7 Å². The molecule has 0 aromatic heterocycles. The summed E-state index contributed by atoms with van der Waals surface area (Å²) in [5, 5.41) is 59.7. The predicted octanol–water partition coefficient (Wildman–Crippen LogP) is -1.99. The van der Waals surface area contributed by atoms with Gasteiger partial charge in [-0.25, -0.2) is 0 Å². The van der Waals surface area contributed by atoms with Crippen molar-refractivity contribution < 1.29 is 49.6 Å². The Hall–Kier alpha value is -0.660. The Morgan fingerprint density at radius 1 is 0.750 bits per heavy atom. The molecule has 0 saturated carbocycles. The quantitative estimate of drug-likeness (QED) is 0.196. The van der Waals surface area contributed by atoms with Crippen molar-refractivity contribution in [2.75, 3.05) is 13.2 Å². The van der Waals surface area contributed by atoms with Crippen LogP contribution in [0.4, 0.5) is 0 Å². The molecule has 0 aromatic rings. The average Bonchev–Trinajstić information content (AvgIpc) is 2.68. The number of allylic oxidation sites excluding steroid dienone is 1. The van der Waals surface area contributed by atoms with Crippen molar-refractivity contribution in [3.63, 3.8) is 0 Å². The number of hydrogen-bond donors (Lipinski definition) is 6. The van der Waals surface area contributed by atoms with Crippen LogP contribution >= 0.6 is 0 Å². The van der Waals surface area contributed by atoms with Gasteiger partial charge < -0.3 is 49.6 Å². The molecule has 10 nitrogen and oxygen atoms in total. The summed E-state index contributed by atoms with van der Waals surface area (Å²) in [4.78, 5) is 0. The Labute approximate surface area is 163 Å². The normalized spacial score (nSPS) is 44.9. The van der Waals surface area contributed by atoms with Crippen LogP contribution < -0.4 is 0 Å². The van der Waals surface area contributed by atoms with Crippen molar-refractivity contribution in [3.05, 3.63) is 12.2 Å². The van der Waals surface area contributed by atoms with E-state index < -0.39 is 61.4 Å². The van der Waals surface area contributed by atoms with E-state index in [1.165, 1.54) is 6.92 Å². The maximum Gasteiger partial charge on any atom is 0.186 e. The van der Waals surface area contributed by atoms with Gasteiger partial charge in [0.2, 0.25) is 0 Å². The van der Waals surface area contributed by atoms with Crippen molar-refractivity contribution in [3.8, 4) is 0 Å². The lowest BCUT2D eigenvalue weighted by Gasteiger charge is -2.42. The highest BCUT2D eigenvalue weighted by Gasteiger charge is 2.46. The number of rotatable bonds is 8. The van der Waals surface area contributed by atoms with Gasteiger partial charge in [0.05, 0.1) is 19.3 Å². The number of aliphatic hydroxyl groups excluding tert-OH is 6. The minimum Gasteiger partial charge on any atom is -0.388 e. The summed E-state index contributed by atoms with van der Waals surface area (Å²) >= 11 is 0. The first kappa shape index (κ1) is 23.6. The minimum atomic E-state index is -1.51. The number of hydrogen-bond acceptors (Lipinski definition) is 10. The molecule has 2 aliphatic heterocycles. The van der Waals surface area contributed by atoms with E-state index in [4.69, 9.17) is 18.9 Å². The first-order valence-electron chi connectivity index (χ1n) is 9.55. The van der Waals surface area contributed by atoms with Crippen molar-refractivity contribution in [2.24, 2.45) is 0 Å². The van der Waals surface area contributed by atoms with Gasteiger partial charge in [0, 0.05) is 0 Å². The summed E-state index contributed by atoms with van der Waals surface area (Å²) in [5.74, 6) is 0. The van der Waals surface area contributed by atoms with Crippen LogP contribution in [0, 0.1) is 0 Å². The van der Waals surface area contributed by atoms with Crippen molar-refractivity contribution in [1.29, 1.82) is 0 Å². The van der Waals surface area contributed by atoms with Crippen LogP contribution in [0.15, 0.2) is 12.2 Å². The molecule has 0 bridgehead atoms. The van der Waals surface area contributed by atoms with E-state index in [0.29, 0.717) is 6.42 Å². The highest BCUT2D eigenvalue weighted by atomic mass is 16.7. The molecule has 6 N–H and O–H groups in total. The molecule has 2 fully saturated rings. The molecule has 2 heterocycles. The Morgan fingerprint density at radius 2 is 1.36 bits per heavy atom. The molecule has 2 saturated heterocycles. The van der Waals surface area contributed by atoms with E-state index in [-0.39, 0.29) is 13.2 Å². The summed E-state index contributed by atoms with van der Waals surface area (Å²) in [5.41, 5.74) is 0. The molecule has 0 amide bonds. The Kier molecular flexibility index (Phi) is 9.22. The van der Waals surface area contributed by atoms with Gasteiger partial charge in [-0.2, -0.15) is 0 Å². The smallest absolute Gasteiger partial charge is 0.186 e. The minimum absolute atomic E-state index is 0.251. The number of ether oxygens (including phenoxy) is 4. The third-order valence-electron chi connectivity index (χ3n) is 4.87. The van der Waals surface area contributed by atoms with Gasteiger partial charge in [-0.05, 0) is 19.8 Å². The van der Waals surface area contributed by atoms with E-state index in [1.807, 2.05) is 19.1 Å². The van der Waals surface area contributed by atoms with Gasteiger partial charge in [0.15, 0.2) is 12.6 Å². The monoisotopic (exact) mass is 408 g/mol. The van der Waals surface area contributed by atoms with E-state index in [0.717, 1.165) is 6.42 Å². The molecule has 0 spiro atoms. The van der Waals surface area contributed by atoms with Crippen LogP contribution in [0.25, 0.3) is 0 Å². The fourth-order valence-corrected chi connectivity index (χ4v) is 3.07. The molecule has 2 aliphatic rings. The van der Waals surface area contributed by atoms with Crippen LogP contribution in [-0.4, -0.2) is 105 Å². The maximum atomic E-state index is 10.1. The average molecular weight is 408 g/mol. The second-order valence-corrected chi connectivity index (χ2v) is 7.07. The largest absolute Gasteiger partial charge is 0.388 e. The molecule has 0 aromatic carbocycles. The summed E-state index contributed by atoms with van der Waals surface area (Å²) in [7, 11) is 0. The lowest BCUT2D eigenvalue weighted by atomic mass is 9.98. The second-order valence-electron chi connectivity index (χ2n) is 7.07. The SMILES string of the molecule is CC/C=C\CCO[C@@H]1O[C@H](CO[C@@H]2O[C@H](C)[C@@H](O)[C@H](O)[C@@H]2O)[C@@H](O)[C@H](O)[C@H]1O. The van der Waals surface area contributed by atoms with Crippen LogP contribution in [0.5, 0.6) is 0 Å². The van der Waals surface area contributed by atoms with Gasteiger partial charge in [-0.1, -0.05) is 19.1 Å². The maximum absolute atomic E-state index is 10.1. The van der Waals surface area contributed by atoms with Gasteiger partial charge in [-0.3, -0.25) is 0 Å². The topological polar surface area (TPSA) is 158 Å². The third-order valence-corrected chi connectivity index (χ3v) is 4.87. The molecule has 10 heteroatoms. The summed E-state index contributed by atoms with van der Waals surface area (Å²) in [6.07, 6.45) is -7.49. The zero-order valence-electron chi connectivity index (χ0n) is 16.1. The van der Waals surface area contributed by atoms with Crippen LogP contribution in [-0.2, 0) is 18.9 Å². The van der Waals surface area contributed by atoms with Crippen LogP contribution in [0.2, 0.25) is 0 Å².